The zero-order chi connectivity index (χ0) is 4.99. The summed E-state index contributed by atoms with van der Waals surface area (Å²) in [5.41, 5.74) is 0. The summed E-state index contributed by atoms with van der Waals surface area (Å²) in [7, 11) is 0. The van der Waals surface area contributed by atoms with Crippen molar-refractivity contribution in [3.8, 4) is 0 Å². The monoisotopic (exact) mass is 167 g/mol. The van der Waals surface area contributed by atoms with Gasteiger partial charge in [0.15, 0.2) is 0 Å². The summed E-state index contributed by atoms with van der Waals surface area (Å²) in [6.45, 7) is -0.519. The fraction of sp³-hybridized carbons (Fsp3) is 0.667. The van der Waals surface area contributed by atoms with Gasteiger partial charge in [-0.1, -0.05) is 0 Å². The fourth-order valence-electron chi connectivity index (χ4n) is 0.0873. The van der Waals surface area contributed by atoms with Gasteiger partial charge in [0.25, 0.3) is 0 Å². The average molecular weight is 166 g/mol. The van der Waals surface area contributed by atoms with Crippen LogP contribution in [0.2, 0.25) is 0 Å². The molecule has 0 aromatic heterocycles. The van der Waals surface area contributed by atoms with Crippen molar-refractivity contribution in [3.05, 3.63) is 0 Å². The average Bonchev–Trinajstić information content (AvgIpc) is 1.35. The van der Waals surface area contributed by atoms with Crippen LogP contribution in [-0.2, 0) is 9.90 Å². The molecule has 0 fully saturated rings. The molecule has 0 heterocycles. The van der Waals surface area contributed by atoms with E-state index in [1.54, 1.807) is 0 Å². The second-order valence-electron chi connectivity index (χ2n) is 0.848. The third kappa shape index (κ3) is 10.7. The second-order valence-corrected chi connectivity index (χ2v) is 0.848. The minimum absolute atomic E-state index is 0. The molecular weight excluding hydrogens is 157 g/mol. The Labute approximate surface area is 52.3 Å². The van der Waals surface area contributed by atoms with E-state index in [0.717, 1.165) is 0 Å². The smallest absolute Gasteiger partial charge is 0.305 e. The molecule has 0 saturated heterocycles. The van der Waals surface area contributed by atoms with Gasteiger partial charge in [-0.25, -0.2) is 5.11 Å². The minimum atomic E-state index is -1.02. The molecule has 0 spiro atoms. The molecule has 0 aromatic rings. The molecule has 7 heavy (non-hydrogen) atoms. The summed E-state index contributed by atoms with van der Waals surface area (Å²) in [5.74, 6) is -1.02. The Hall–Kier alpha value is -0.0271. The Balaban J connectivity index is 0. The summed E-state index contributed by atoms with van der Waals surface area (Å²) in [4.78, 5) is 9.40. The minimum Gasteiger partial charge on any atom is -0.481 e. The van der Waals surface area contributed by atoms with E-state index in [-0.39, 0.29) is 24.0 Å². The first-order valence-electron chi connectivity index (χ1n) is 1.57. The number of hydrogen-bond acceptors (Lipinski definition) is 1. The molecule has 43 valence electrons. The number of carboxylic acid groups (broad SMARTS) is 1. The normalized spacial score (nSPS) is 7.00. The van der Waals surface area contributed by atoms with Crippen LogP contribution in [-0.4, -0.2) is 35.3 Å². The SMILES string of the molecule is [GeH4].[O]CCC(=O)O. The molecule has 3 nitrogen and oxygen atoms in total. The Kier molecular flexibility index (Phi) is 8.58. The van der Waals surface area contributed by atoms with Crippen LogP contribution in [0.15, 0.2) is 0 Å². The van der Waals surface area contributed by atoms with Gasteiger partial charge in [0.2, 0.25) is 0 Å². The van der Waals surface area contributed by atoms with Crippen molar-refractivity contribution < 1.29 is 15.0 Å². The zero-order valence-corrected chi connectivity index (χ0v) is 3.18. The molecule has 0 amide bonds. The summed E-state index contributed by atoms with van der Waals surface area (Å²) in [6, 6.07) is 0. The summed E-state index contributed by atoms with van der Waals surface area (Å²) < 4.78 is 0. The Morgan fingerprint density at radius 1 is 1.57 bits per heavy atom. The summed E-state index contributed by atoms with van der Waals surface area (Å²) in [6.07, 6.45) is -0.264. The maximum atomic E-state index is 9.40. The van der Waals surface area contributed by atoms with Crippen molar-refractivity contribution in [1.29, 1.82) is 0 Å². The third-order valence-corrected chi connectivity index (χ3v) is 0.316. The number of aliphatic carboxylic acids is 1. The molecular formula is C3H9GeO3. The number of carbonyl (C=O) groups is 1. The Morgan fingerprint density at radius 3 is 2.00 bits per heavy atom. The van der Waals surface area contributed by atoms with E-state index in [1.165, 1.54) is 0 Å². The van der Waals surface area contributed by atoms with Crippen LogP contribution in [0.3, 0.4) is 0 Å². The molecule has 0 bridgehead atoms. The van der Waals surface area contributed by atoms with Crippen LogP contribution in [0, 0.1) is 0 Å². The first kappa shape index (κ1) is 10.1. The van der Waals surface area contributed by atoms with E-state index in [1.807, 2.05) is 0 Å². The van der Waals surface area contributed by atoms with Crippen molar-refractivity contribution in [1.82, 2.24) is 0 Å². The molecule has 1 radical (unpaired) electrons. The molecule has 4 heteroatoms. The van der Waals surface area contributed by atoms with Gasteiger partial charge < -0.3 is 5.11 Å². The first-order chi connectivity index (χ1) is 2.77. The maximum Gasteiger partial charge on any atom is 0.305 e. The van der Waals surface area contributed by atoms with E-state index >= 15 is 0 Å². The Bertz CT molecular complexity index is 54.1. The van der Waals surface area contributed by atoms with E-state index in [4.69, 9.17) is 5.11 Å². The van der Waals surface area contributed by atoms with Gasteiger partial charge in [0.1, 0.15) is 0 Å². The number of carboxylic acids is 1. The number of hydrogen-bond donors (Lipinski definition) is 1. The van der Waals surface area contributed by atoms with Crippen LogP contribution < -0.4 is 0 Å². The van der Waals surface area contributed by atoms with Gasteiger partial charge >= 0.3 is 23.6 Å². The van der Waals surface area contributed by atoms with Gasteiger partial charge in [-0.15, -0.1) is 0 Å². The van der Waals surface area contributed by atoms with Gasteiger partial charge in [0.05, 0.1) is 13.0 Å². The molecule has 0 atom stereocenters. The third-order valence-electron chi connectivity index (χ3n) is 0.316. The van der Waals surface area contributed by atoms with Crippen molar-refractivity contribution in [2.45, 2.75) is 6.42 Å². The molecule has 0 aliphatic carbocycles. The van der Waals surface area contributed by atoms with Gasteiger partial charge in [0, 0.05) is 0 Å². The Morgan fingerprint density at radius 2 is 2.00 bits per heavy atom. The largest absolute Gasteiger partial charge is 0.481 e. The van der Waals surface area contributed by atoms with Gasteiger partial charge in [-0.3, -0.25) is 4.79 Å². The number of rotatable bonds is 2. The van der Waals surface area contributed by atoms with Gasteiger partial charge in [-0.05, 0) is 0 Å². The first-order valence-corrected chi connectivity index (χ1v) is 1.57. The summed E-state index contributed by atoms with van der Waals surface area (Å²) >= 11 is 0. The molecule has 0 rings (SSSR count). The van der Waals surface area contributed by atoms with Crippen molar-refractivity contribution >= 4 is 23.6 Å². The van der Waals surface area contributed by atoms with Crippen molar-refractivity contribution in [2.75, 3.05) is 6.61 Å². The summed E-state index contributed by atoms with van der Waals surface area (Å²) in [5, 5.41) is 17.1. The molecule has 0 unspecified atom stereocenters. The van der Waals surface area contributed by atoms with Crippen LogP contribution in [0.1, 0.15) is 6.42 Å². The van der Waals surface area contributed by atoms with Crippen LogP contribution in [0.5, 0.6) is 0 Å². The molecule has 0 saturated carbocycles. The van der Waals surface area contributed by atoms with E-state index < -0.39 is 12.6 Å². The van der Waals surface area contributed by atoms with Crippen LogP contribution >= 0.6 is 0 Å². The predicted octanol–water partition coefficient (Wildman–Crippen LogP) is -1.56. The second kappa shape index (κ2) is 5.97. The molecule has 0 aromatic carbocycles. The van der Waals surface area contributed by atoms with E-state index in [0.29, 0.717) is 0 Å². The van der Waals surface area contributed by atoms with Crippen molar-refractivity contribution in [3.63, 3.8) is 0 Å². The van der Waals surface area contributed by atoms with E-state index in [9.17, 15) is 9.90 Å². The molecule has 0 aliphatic rings. The van der Waals surface area contributed by atoms with Crippen molar-refractivity contribution in [2.24, 2.45) is 0 Å². The quantitative estimate of drug-likeness (QED) is 0.504. The fourth-order valence-corrected chi connectivity index (χ4v) is 0.0873. The standard InChI is InChI=1S/C3H5O3.GeH4/c4-2-1-3(5)6;/h1-2H2,(H,5,6);1H4. The van der Waals surface area contributed by atoms with E-state index in [2.05, 4.69) is 0 Å². The van der Waals surface area contributed by atoms with Crippen LogP contribution in [0.25, 0.3) is 0 Å². The molecule has 0 aliphatic heterocycles. The predicted molar refractivity (Wildman–Crippen MR) is 29.1 cm³/mol. The molecule has 1 N–H and O–H groups in total. The van der Waals surface area contributed by atoms with Crippen LogP contribution in [0.4, 0.5) is 0 Å². The van der Waals surface area contributed by atoms with Gasteiger partial charge in [-0.2, -0.15) is 0 Å². The topological polar surface area (TPSA) is 57.2 Å². The zero-order valence-electron chi connectivity index (χ0n) is 3.18. The maximum absolute atomic E-state index is 9.40.